The molecule has 0 saturated carbocycles. The Morgan fingerprint density at radius 2 is 2.08 bits per heavy atom. The minimum absolute atomic E-state index is 0.539. The van der Waals surface area contributed by atoms with Crippen LogP contribution in [0, 0.1) is 0 Å². The average Bonchev–Trinajstić information content (AvgIpc) is 2.68. The lowest BCUT2D eigenvalue weighted by atomic mass is 10.1. The van der Waals surface area contributed by atoms with Crippen molar-refractivity contribution in [2.24, 2.45) is 5.16 Å². The van der Waals surface area contributed by atoms with E-state index in [2.05, 4.69) is 38.6 Å². The largest absolute Gasteiger partial charge is 0.494 e. The van der Waals surface area contributed by atoms with Gasteiger partial charge in [0.1, 0.15) is 11.4 Å². The Kier molecular flexibility index (Phi) is 5.98. The SMILES string of the molecule is COc1ccc(CCCCNc2cc[nH+]c3ccccc23)nc1/C=N/O. The van der Waals surface area contributed by atoms with Crippen molar-refractivity contribution in [3.63, 3.8) is 0 Å². The fraction of sp³-hybridized carbons (Fsp3) is 0.250. The van der Waals surface area contributed by atoms with Gasteiger partial charge in [0.05, 0.1) is 24.4 Å². The van der Waals surface area contributed by atoms with Gasteiger partial charge in [0.15, 0.2) is 6.20 Å². The molecular weight excluding hydrogens is 328 g/mol. The fourth-order valence-electron chi connectivity index (χ4n) is 2.92. The van der Waals surface area contributed by atoms with Crippen molar-refractivity contribution in [3.05, 3.63) is 60.0 Å². The Morgan fingerprint density at radius 1 is 1.19 bits per heavy atom. The standard InChI is InChI=1S/C20H22N4O2/c1-26-20-10-9-15(24-19(20)14-23-25)6-4-5-12-21-18-11-13-22-17-8-3-2-7-16(17)18/h2-3,7-11,13-14,25H,4-6,12H2,1H3,(H,21,22)/p+1/b23-14+. The lowest BCUT2D eigenvalue weighted by molar-refractivity contribution is -0.344. The van der Waals surface area contributed by atoms with Gasteiger partial charge in [-0.05, 0) is 37.5 Å². The number of rotatable bonds is 8. The Hall–Kier alpha value is -3.15. The van der Waals surface area contributed by atoms with Crippen molar-refractivity contribution in [3.8, 4) is 5.75 Å². The van der Waals surface area contributed by atoms with Gasteiger partial charge in [-0.3, -0.25) is 0 Å². The van der Waals surface area contributed by atoms with Crippen LogP contribution in [0.5, 0.6) is 5.75 Å². The number of para-hydroxylation sites is 1. The number of hydrogen-bond acceptors (Lipinski definition) is 5. The van der Waals surface area contributed by atoms with Crippen molar-refractivity contribution in [2.75, 3.05) is 19.0 Å². The molecule has 0 bridgehead atoms. The van der Waals surface area contributed by atoms with Crippen LogP contribution in [0.2, 0.25) is 0 Å². The van der Waals surface area contributed by atoms with Crippen LogP contribution in [0.25, 0.3) is 10.9 Å². The number of nitrogens with one attached hydrogen (secondary N) is 2. The lowest BCUT2D eigenvalue weighted by Gasteiger charge is -2.08. The van der Waals surface area contributed by atoms with E-state index in [1.807, 2.05) is 30.5 Å². The van der Waals surface area contributed by atoms with Gasteiger partial charge in [-0.1, -0.05) is 17.3 Å². The molecule has 0 aliphatic heterocycles. The van der Waals surface area contributed by atoms with Crippen molar-refractivity contribution in [1.82, 2.24) is 4.98 Å². The van der Waals surface area contributed by atoms with Crippen LogP contribution >= 0.6 is 0 Å². The molecule has 0 spiro atoms. The molecule has 6 heteroatoms. The summed E-state index contributed by atoms with van der Waals surface area (Å²) >= 11 is 0. The lowest BCUT2D eigenvalue weighted by Crippen LogP contribution is -2.07. The first kappa shape index (κ1) is 17.7. The number of unbranched alkanes of at least 4 members (excludes halogenated alkanes) is 1. The Labute approximate surface area is 152 Å². The van der Waals surface area contributed by atoms with E-state index in [-0.39, 0.29) is 0 Å². The molecule has 0 amide bonds. The van der Waals surface area contributed by atoms with Gasteiger partial charge in [-0.2, -0.15) is 0 Å². The van der Waals surface area contributed by atoms with Gasteiger partial charge >= 0.3 is 0 Å². The third kappa shape index (κ3) is 4.27. The number of oxime groups is 1. The minimum atomic E-state index is 0.539. The summed E-state index contributed by atoms with van der Waals surface area (Å²) < 4.78 is 5.20. The monoisotopic (exact) mass is 351 g/mol. The first-order chi connectivity index (χ1) is 12.8. The number of H-pyrrole nitrogens is 1. The van der Waals surface area contributed by atoms with Crippen LogP contribution < -0.4 is 15.0 Å². The molecule has 3 aromatic rings. The highest BCUT2D eigenvalue weighted by Crippen LogP contribution is 2.19. The molecule has 0 fully saturated rings. The van der Waals surface area contributed by atoms with Crippen molar-refractivity contribution < 1.29 is 14.9 Å². The highest BCUT2D eigenvalue weighted by Gasteiger charge is 2.06. The molecular formula is C20H23N4O2+. The smallest absolute Gasteiger partial charge is 0.212 e. The van der Waals surface area contributed by atoms with Crippen LogP contribution in [-0.2, 0) is 6.42 Å². The maximum atomic E-state index is 8.72. The van der Waals surface area contributed by atoms with Gasteiger partial charge < -0.3 is 15.3 Å². The number of fused-ring (bicyclic) bond motifs is 1. The van der Waals surface area contributed by atoms with Crippen LogP contribution in [0.1, 0.15) is 24.2 Å². The third-order valence-electron chi connectivity index (χ3n) is 4.22. The number of aryl methyl sites for hydroxylation is 1. The molecule has 0 aliphatic carbocycles. The van der Waals surface area contributed by atoms with E-state index in [1.165, 1.54) is 11.6 Å². The van der Waals surface area contributed by atoms with Crippen LogP contribution in [0.3, 0.4) is 0 Å². The second-order valence-corrected chi connectivity index (χ2v) is 5.96. The van der Waals surface area contributed by atoms with Crippen LogP contribution in [0.4, 0.5) is 5.69 Å². The molecule has 2 heterocycles. The number of aromatic amines is 1. The van der Waals surface area contributed by atoms with Crippen LogP contribution in [0.15, 0.2) is 53.8 Å². The third-order valence-corrected chi connectivity index (χ3v) is 4.22. The van der Waals surface area contributed by atoms with Gasteiger partial charge in [-0.15, -0.1) is 0 Å². The summed E-state index contributed by atoms with van der Waals surface area (Å²) in [4.78, 5) is 7.72. The fourth-order valence-corrected chi connectivity index (χ4v) is 2.92. The van der Waals surface area contributed by atoms with E-state index >= 15 is 0 Å². The number of hydrogen-bond donors (Lipinski definition) is 2. The summed E-state index contributed by atoms with van der Waals surface area (Å²) in [6.45, 7) is 0.898. The Morgan fingerprint density at radius 3 is 2.92 bits per heavy atom. The quantitative estimate of drug-likeness (QED) is 0.282. The zero-order valence-corrected chi connectivity index (χ0v) is 14.8. The highest BCUT2D eigenvalue weighted by molar-refractivity contribution is 5.88. The van der Waals surface area contributed by atoms with E-state index in [9.17, 15) is 0 Å². The molecule has 26 heavy (non-hydrogen) atoms. The minimum Gasteiger partial charge on any atom is -0.494 e. The molecule has 3 N–H and O–H groups in total. The molecule has 0 unspecified atom stereocenters. The summed E-state index contributed by atoms with van der Waals surface area (Å²) in [5.74, 6) is 0.598. The summed E-state index contributed by atoms with van der Waals surface area (Å²) in [5, 5.41) is 16.5. The molecule has 3 rings (SSSR count). The van der Waals surface area contributed by atoms with Crippen molar-refractivity contribution in [2.45, 2.75) is 19.3 Å². The molecule has 0 atom stereocenters. The zero-order valence-electron chi connectivity index (χ0n) is 14.8. The van der Waals surface area contributed by atoms with Gasteiger partial charge in [0, 0.05) is 24.4 Å². The normalized spacial score (nSPS) is 11.1. The Bertz CT molecular complexity index is 891. The summed E-state index contributed by atoms with van der Waals surface area (Å²) in [5.41, 5.74) is 3.76. The first-order valence-electron chi connectivity index (χ1n) is 8.66. The molecule has 0 saturated heterocycles. The van der Waals surface area contributed by atoms with E-state index in [4.69, 9.17) is 9.94 Å². The van der Waals surface area contributed by atoms with E-state index < -0.39 is 0 Å². The molecule has 2 aromatic heterocycles. The molecule has 6 nitrogen and oxygen atoms in total. The number of pyridine rings is 2. The van der Waals surface area contributed by atoms with Gasteiger partial charge in [0.2, 0.25) is 5.52 Å². The maximum Gasteiger partial charge on any atom is 0.212 e. The topological polar surface area (TPSA) is 80.9 Å². The van der Waals surface area contributed by atoms with Gasteiger partial charge in [0.25, 0.3) is 0 Å². The Balaban J connectivity index is 1.52. The first-order valence-corrected chi connectivity index (χ1v) is 8.66. The number of ether oxygens (including phenoxy) is 1. The predicted molar refractivity (Wildman–Crippen MR) is 102 cm³/mol. The predicted octanol–water partition coefficient (Wildman–Crippen LogP) is 3.30. The molecule has 0 aliphatic rings. The maximum absolute atomic E-state index is 8.72. The van der Waals surface area contributed by atoms with Crippen LogP contribution in [-0.4, -0.2) is 30.1 Å². The second-order valence-electron chi connectivity index (χ2n) is 5.96. The number of anilines is 1. The van der Waals surface area contributed by atoms with E-state index in [0.717, 1.165) is 42.7 Å². The van der Waals surface area contributed by atoms with Gasteiger partial charge in [-0.25, -0.2) is 9.97 Å². The summed E-state index contributed by atoms with van der Waals surface area (Å²) in [6.07, 6.45) is 6.15. The number of nitrogens with zero attached hydrogens (tertiary/aromatic N) is 2. The average molecular weight is 351 g/mol. The van der Waals surface area contributed by atoms with E-state index in [0.29, 0.717) is 11.4 Å². The number of aromatic nitrogens is 2. The van der Waals surface area contributed by atoms with E-state index in [1.54, 1.807) is 7.11 Å². The second kappa shape index (κ2) is 8.80. The number of benzene rings is 1. The highest BCUT2D eigenvalue weighted by atomic mass is 16.5. The molecule has 134 valence electrons. The molecule has 1 aromatic carbocycles. The zero-order chi connectivity index (χ0) is 18.2. The van der Waals surface area contributed by atoms with Crippen molar-refractivity contribution >= 4 is 22.8 Å². The summed E-state index contributed by atoms with van der Waals surface area (Å²) in [7, 11) is 1.57. The van der Waals surface area contributed by atoms with Crippen molar-refractivity contribution in [1.29, 1.82) is 0 Å². The molecule has 0 radical (unpaired) electrons. The summed E-state index contributed by atoms with van der Waals surface area (Å²) in [6, 6.07) is 14.1. The number of methoxy groups -OCH3 is 1.